The second kappa shape index (κ2) is 10.5. The summed E-state index contributed by atoms with van der Waals surface area (Å²) in [5.41, 5.74) is 3.12. The number of nitrogens with one attached hydrogen (secondary N) is 3. The van der Waals surface area contributed by atoms with Crippen molar-refractivity contribution in [2.24, 2.45) is 0 Å². The van der Waals surface area contributed by atoms with E-state index < -0.39 is 0 Å². The molecule has 0 amide bonds. The summed E-state index contributed by atoms with van der Waals surface area (Å²) in [7, 11) is 0. The fourth-order valence-electron chi connectivity index (χ4n) is 2.95. The van der Waals surface area contributed by atoms with Gasteiger partial charge in [-0.05, 0) is 17.2 Å². The summed E-state index contributed by atoms with van der Waals surface area (Å²) in [6.07, 6.45) is 0. The molecule has 0 fully saturated rings. The minimum Gasteiger partial charge on any atom is -0.394 e. The summed E-state index contributed by atoms with van der Waals surface area (Å²) in [4.78, 5) is 0. The maximum Gasteiger partial charge on any atom is 0.231 e. The first kappa shape index (κ1) is 21.5. The first-order chi connectivity index (χ1) is 14.6. The van der Waals surface area contributed by atoms with Crippen LogP contribution in [0.4, 0.5) is 10.3 Å². The van der Waals surface area contributed by atoms with Crippen molar-refractivity contribution in [3.05, 3.63) is 71.7 Å². The molecule has 3 rings (SSSR count). The van der Waals surface area contributed by atoms with E-state index in [1.165, 1.54) is 6.07 Å². The van der Waals surface area contributed by atoms with Gasteiger partial charge in [0.2, 0.25) is 5.88 Å². The lowest BCUT2D eigenvalue weighted by Gasteiger charge is -2.10. The minimum atomic E-state index is -0.249. The summed E-state index contributed by atoms with van der Waals surface area (Å²) in [6.45, 7) is 3.05. The molecule has 1 unspecified atom stereocenters. The molecule has 158 valence electrons. The summed E-state index contributed by atoms with van der Waals surface area (Å²) in [5.74, 6) is 0.135. The Labute approximate surface area is 174 Å². The Morgan fingerprint density at radius 2 is 1.97 bits per heavy atom. The van der Waals surface area contributed by atoms with Gasteiger partial charge in [0.05, 0.1) is 25.5 Å². The fraction of sp³-hybridized carbons (Fsp3) is 0.273. The largest absolute Gasteiger partial charge is 0.394 e. The molecule has 8 heteroatoms. The number of ether oxygens (including phenoxy) is 1. The highest BCUT2D eigenvalue weighted by molar-refractivity contribution is 5.89. The van der Waals surface area contributed by atoms with Crippen molar-refractivity contribution in [3.8, 4) is 11.1 Å². The second-order valence-corrected chi connectivity index (χ2v) is 6.70. The first-order valence-corrected chi connectivity index (χ1v) is 9.68. The number of hydrogen-bond donors (Lipinski definition) is 4. The number of guanidine groups is 1. The lowest BCUT2D eigenvalue weighted by molar-refractivity contribution is 0.0958. The molecule has 4 N–H and O–H groups in total. The Balaban J connectivity index is 1.57. The van der Waals surface area contributed by atoms with E-state index in [1.807, 2.05) is 37.3 Å². The van der Waals surface area contributed by atoms with Gasteiger partial charge in [-0.2, -0.15) is 0 Å². The van der Waals surface area contributed by atoms with E-state index in [9.17, 15) is 4.39 Å². The van der Waals surface area contributed by atoms with E-state index in [4.69, 9.17) is 19.8 Å². The molecule has 3 aromatic rings. The van der Waals surface area contributed by atoms with E-state index in [0.29, 0.717) is 24.6 Å². The molecule has 0 saturated heterocycles. The van der Waals surface area contributed by atoms with Gasteiger partial charge in [-0.3, -0.25) is 10.7 Å². The van der Waals surface area contributed by atoms with Crippen LogP contribution in [0, 0.1) is 11.2 Å². The van der Waals surface area contributed by atoms with Gasteiger partial charge in [0, 0.05) is 24.1 Å². The van der Waals surface area contributed by atoms with Gasteiger partial charge in [-0.15, -0.1) is 0 Å². The summed E-state index contributed by atoms with van der Waals surface area (Å²) >= 11 is 0. The number of aliphatic hydroxyl groups is 1. The van der Waals surface area contributed by atoms with E-state index in [0.717, 1.165) is 16.8 Å². The Bertz CT molecular complexity index is 959. The quantitative estimate of drug-likeness (QED) is 0.243. The molecule has 1 atom stereocenters. The van der Waals surface area contributed by atoms with Crippen molar-refractivity contribution in [1.29, 1.82) is 5.41 Å². The number of hydrogen-bond acceptors (Lipinski definition) is 5. The number of aromatic nitrogens is 1. The maximum absolute atomic E-state index is 14.0. The average Bonchev–Trinajstić information content (AvgIpc) is 3.22. The molecule has 30 heavy (non-hydrogen) atoms. The Kier molecular flexibility index (Phi) is 7.53. The standard InChI is InChI=1S/C22H25FN4O3/c1-15(16-6-8-17(9-7-16)18-4-2-3-5-19(18)23)20-14-21(30-27-20)26-22(24)25-10-12-29-13-11-28/h2-9,14-15,28H,10-13H2,1H3,(H3,24,25,26). The van der Waals surface area contributed by atoms with Crippen LogP contribution in [-0.2, 0) is 4.74 Å². The molecule has 0 aliphatic heterocycles. The third kappa shape index (κ3) is 5.65. The van der Waals surface area contributed by atoms with Crippen molar-refractivity contribution in [1.82, 2.24) is 10.5 Å². The lowest BCUT2D eigenvalue weighted by Crippen LogP contribution is -2.32. The smallest absolute Gasteiger partial charge is 0.231 e. The van der Waals surface area contributed by atoms with Crippen LogP contribution in [0.25, 0.3) is 11.1 Å². The normalized spacial score (nSPS) is 11.8. The van der Waals surface area contributed by atoms with E-state index in [-0.39, 0.29) is 30.9 Å². The third-order valence-electron chi connectivity index (χ3n) is 4.60. The van der Waals surface area contributed by atoms with Crippen LogP contribution < -0.4 is 10.6 Å². The van der Waals surface area contributed by atoms with E-state index in [2.05, 4.69) is 15.8 Å². The van der Waals surface area contributed by atoms with Crippen molar-refractivity contribution in [3.63, 3.8) is 0 Å². The van der Waals surface area contributed by atoms with Crippen molar-refractivity contribution < 1.29 is 18.8 Å². The molecular weight excluding hydrogens is 387 g/mol. The van der Waals surface area contributed by atoms with E-state index in [1.54, 1.807) is 18.2 Å². The second-order valence-electron chi connectivity index (χ2n) is 6.70. The summed E-state index contributed by atoms with van der Waals surface area (Å²) < 4.78 is 24.4. The third-order valence-corrected chi connectivity index (χ3v) is 4.60. The van der Waals surface area contributed by atoms with Crippen LogP contribution in [-0.4, -0.2) is 42.6 Å². The van der Waals surface area contributed by atoms with Gasteiger partial charge in [0.1, 0.15) is 5.82 Å². The molecule has 0 radical (unpaired) electrons. The van der Waals surface area contributed by atoms with E-state index >= 15 is 0 Å². The van der Waals surface area contributed by atoms with Crippen LogP contribution in [0.5, 0.6) is 0 Å². The van der Waals surface area contributed by atoms with Crippen molar-refractivity contribution in [2.45, 2.75) is 12.8 Å². The molecule has 1 aromatic heterocycles. The first-order valence-electron chi connectivity index (χ1n) is 9.68. The number of rotatable bonds is 9. The van der Waals surface area contributed by atoms with Gasteiger partial charge in [0.15, 0.2) is 5.96 Å². The van der Waals surface area contributed by atoms with Gasteiger partial charge in [0.25, 0.3) is 0 Å². The average molecular weight is 412 g/mol. The monoisotopic (exact) mass is 412 g/mol. The Morgan fingerprint density at radius 1 is 1.20 bits per heavy atom. The molecule has 0 bridgehead atoms. The minimum absolute atomic E-state index is 0.0272. The molecular formula is C22H25FN4O3. The highest BCUT2D eigenvalue weighted by Gasteiger charge is 2.15. The predicted molar refractivity (Wildman–Crippen MR) is 113 cm³/mol. The van der Waals surface area contributed by atoms with Gasteiger partial charge >= 0.3 is 0 Å². The van der Waals surface area contributed by atoms with Crippen LogP contribution in [0.2, 0.25) is 0 Å². The fourth-order valence-corrected chi connectivity index (χ4v) is 2.95. The molecule has 0 aliphatic carbocycles. The zero-order chi connectivity index (χ0) is 21.3. The van der Waals surface area contributed by atoms with Crippen molar-refractivity contribution in [2.75, 3.05) is 31.7 Å². The number of halogens is 1. The highest BCUT2D eigenvalue weighted by atomic mass is 19.1. The van der Waals surface area contributed by atoms with Crippen LogP contribution in [0.1, 0.15) is 24.1 Å². The lowest BCUT2D eigenvalue weighted by atomic mass is 9.95. The zero-order valence-electron chi connectivity index (χ0n) is 16.7. The van der Waals surface area contributed by atoms with Crippen LogP contribution in [0.15, 0.2) is 59.1 Å². The summed E-state index contributed by atoms with van der Waals surface area (Å²) in [6, 6.07) is 16.1. The van der Waals surface area contributed by atoms with Crippen LogP contribution >= 0.6 is 0 Å². The molecule has 2 aromatic carbocycles. The number of anilines is 1. The maximum atomic E-state index is 14.0. The molecule has 7 nitrogen and oxygen atoms in total. The predicted octanol–water partition coefficient (Wildman–Crippen LogP) is 3.58. The molecule has 0 spiro atoms. The zero-order valence-corrected chi connectivity index (χ0v) is 16.7. The van der Waals surface area contributed by atoms with Gasteiger partial charge in [-0.25, -0.2) is 4.39 Å². The van der Waals surface area contributed by atoms with Crippen LogP contribution in [0.3, 0.4) is 0 Å². The molecule has 0 aliphatic rings. The number of aliphatic hydroxyl groups excluding tert-OH is 1. The Hall–Kier alpha value is -3.23. The SMILES string of the molecule is CC(c1ccc(-c2ccccc2F)cc1)c1cc(NC(=N)NCCOCCO)on1. The van der Waals surface area contributed by atoms with Gasteiger partial charge < -0.3 is 19.7 Å². The number of nitrogens with zero attached hydrogens (tertiary/aromatic N) is 1. The number of benzene rings is 2. The highest BCUT2D eigenvalue weighted by Crippen LogP contribution is 2.28. The van der Waals surface area contributed by atoms with Crippen molar-refractivity contribution >= 4 is 11.8 Å². The van der Waals surface area contributed by atoms with Gasteiger partial charge in [-0.1, -0.05) is 54.5 Å². The Morgan fingerprint density at radius 3 is 2.70 bits per heavy atom. The molecule has 1 heterocycles. The summed E-state index contributed by atoms with van der Waals surface area (Å²) in [5, 5.41) is 26.2. The topological polar surface area (TPSA) is 103 Å². The molecule has 0 saturated carbocycles.